The monoisotopic (exact) mass is 448 g/mol. The van der Waals surface area contributed by atoms with E-state index >= 15 is 0 Å². The molecule has 32 heavy (non-hydrogen) atoms. The molecule has 1 rings (SSSR count). The quantitative estimate of drug-likeness (QED) is 0.113. The highest BCUT2D eigenvalue weighted by molar-refractivity contribution is 5.78. The molecule has 1 amide bonds. The van der Waals surface area contributed by atoms with Gasteiger partial charge < -0.3 is 5.32 Å². The van der Waals surface area contributed by atoms with Crippen molar-refractivity contribution in [2.24, 2.45) is 4.99 Å². The number of hydrogen-bond acceptors (Lipinski definition) is 2. The summed E-state index contributed by atoms with van der Waals surface area (Å²) in [5.74, 6) is 1.36. The second kappa shape index (κ2) is 19.3. The normalized spacial score (nSPS) is 18.4. The third-order valence-corrected chi connectivity index (χ3v) is 7.08. The van der Waals surface area contributed by atoms with Gasteiger partial charge in [0, 0.05) is 6.92 Å². The number of unbranched alkanes of at least 4 members (excludes halogenated alkanes) is 14. The van der Waals surface area contributed by atoms with Gasteiger partial charge in [-0.1, -0.05) is 103 Å². The number of nitrogens with zero attached hydrogens (tertiary/aromatic N) is 2. The fraction of sp³-hybridized carbons (Fsp3) is 0.857. The number of hydrogen-bond donors (Lipinski definition) is 1. The Morgan fingerprint density at radius 2 is 1.44 bits per heavy atom. The van der Waals surface area contributed by atoms with E-state index in [4.69, 9.17) is 4.99 Å². The van der Waals surface area contributed by atoms with Gasteiger partial charge in [-0.3, -0.25) is 9.28 Å². The lowest BCUT2D eigenvalue weighted by Crippen LogP contribution is -2.53. The van der Waals surface area contributed by atoms with Crippen LogP contribution in [0.15, 0.2) is 17.1 Å². The van der Waals surface area contributed by atoms with Crippen LogP contribution in [0.2, 0.25) is 0 Å². The Balaban J connectivity index is 1.98. The van der Waals surface area contributed by atoms with Crippen molar-refractivity contribution in [1.82, 2.24) is 5.32 Å². The molecule has 0 saturated heterocycles. The molecule has 4 heteroatoms. The summed E-state index contributed by atoms with van der Waals surface area (Å²) in [5, 5.41) is 2.95. The summed E-state index contributed by atoms with van der Waals surface area (Å²) in [6, 6.07) is 0. The first-order valence-electron chi connectivity index (χ1n) is 13.9. The zero-order valence-electron chi connectivity index (χ0n) is 21.8. The van der Waals surface area contributed by atoms with Gasteiger partial charge in [-0.2, -0.15) is 0 Å². The summed E-state index contributed by atoms with van der Waals surface area (Å²) in [5.41, 5.74) is 0. The van der Waals surface area contributed by atoms with Gasteiger partial charge in [0.05, 0.1) is 26.1 Å². The van der Waals surface area contributed by atoms with E-state index in [-0.39, 0.29) is 5.91 Å². The predicted molar refractivity (Wildman–Crippen MR) is 140 cm³/mol. The molecule has 1 atom stereocenters. The molecule has 0 fully saturated rings. The molecule has 186 valence electrons. The Labute approximate surface area is 199 Å². The molecule has 0 aromatic heterocycles. The number of allylic oxidation sites excluding steroid dienone is 1. The Hall–Kier alpha value is -1.16. The Morgan fingerprint density at radius 3 is 1.97 bits per heavy atom. The lowest BCUT2D eigenvalue weighted by molar-refractivity contribution is -0.832. The molecule has 0 aromatic rings. The molecule has 1 aliphatic rings. The molecule has 1 heterocycles. The van der Waals surface area contributed by atoms with Gasteiger partial charge in [-0.05, 0) is 19.8 Å². The molecule has 0 radical (unpaired) electrons. The Morgan fingerprint density at radius 1 is 0.875 bits per heavy atom. The fourth-order valence-electron chi connectivity index (χ4n) is 4.86. The standard InChI is InChI=1S/C28H53N3O/c1-4-6-7-8-9-10-11-12-13-14-15-16-17-18-19-20-21-22-28-30-24-26-31(28,5-2)25-23-29-27(3)32/h20-21H,4-19,22-26H2,1-3H3/p+1/b21-20+. The van der Waals surface area contributed by atoms with Crippen molar-refractivity contribution in [2.75, 3.05) is 32.7 Å². The minimum absolute atomic E-state index is 0.0602. The van der Waals surface area contributed by atoms with Crippen LogP contribution in [-0.4, -0.2) is 48.9 Å². The summed E-state index contributed by atoms with van der Waals surface area (Å²) in [6.45, 7) is 10.9. The molecule has 1 aliphatic heterocycles. The van der Waals surface area contributed by atoms with Gasteiger partial charge in [0.2, 0.25) is 11.7 Å². The number of carbonyl (C=O) groups is 1. The van der Waals surface area contributed by atoms with E-state index in [1.807, 2.05) is 0 Å². The third-order valence-electron chi connectivity index (χ3n) is 7.08. The van der Waals surface area contributed by atoms with Crippen molar-refractivity contribution in [2.45, 2.75) is 124 Å². The van der Waals surface area contributed by atoms with Gasteiger partial charge in [0.25, 0.3) is 0 Å². The molecule has 0 saturated carbocycles. The highest BCUT2D eigenvalue weighted by Crippen LogP contribution is 2.18. The van der Waals surface area contributed by atoms with Crippen molar-refractivity contribution in [3.8, 4) is 0 Å². The van der Waals surface area contributed by atoms with Crippen LogP contribution >= 0.6 is 0 Å². The summed E-state index contributed by atoms with van der Waals surface area (Å²) in [7, 11) is 0. The van der Waals surface area contributed by atoms with Crippen LogP contribution < -0.4 is 5.32 Å². The number of quaternary nitrogens is 1. The van der Waals surface area contributed by atoms with Crippen molar-refractivity contribution >= 4 is 11.7 Å². The average Bonchev–Trinajstić information content (AvgIpc) is 3.18. The Bertz CT molecular complexity index is 529. The molecule has 1 unspecified atom stereocenters. The maximum absolute atomic E-state index is 11.2. The molecular weight excluding hydrogens is 394 g/mol. The topological polar surface area (TPSA) is 41.5 Å². The first-order valence-corrected chi connectivity index (χ1v) is 13.9. The number of rotatable bonds is 21. The molecule has 1 N–H and O–H groups in total. The van der Waals surface area contributed by atoms with Crippen LogP contribution in [0.1, 0.15) is 124 Å². The lowest BCUT2D eigenvalue weighted by atomic mass is 10.0. The van der Waals surface area contributed by atoms with Crippen molar-refractivity contribution in [3.63, 3.8) is 0 Å². The van der Waals surface area contributed by atoms with E-state index in [1.54, 1.807) is 6.92 Å². The summed E-state index contributed by atoms with van der Waals surface area (Å²) in [6.07, 6.45) is 26.7. The predicted octanol–water partition coefficient (Wildman–Crippen LogP) is 7.19. The number of amides is 1. The first kappa shape index (κ1) is 28.9. The third kappa shape index (κ3) is 13.4. The smallest absolute Gasteiger partial charge is 0.217 e. The zero-order chi connectivity index (χ0) is 23.3. The molecule has 0 aliphatic carbocycles. The van der Waals surface area contributed by atoms with Gasteiger partial charge >= 0.3 is 0 Å². The number of carbonyl (C=O) groups excluding carboxylic acids is 1. The minimum Gasteiger partial charge on any atom is -0.351 e. The summed E-state index contributed by atoms with van der Waals surface area (Å²) < 4.78 is 0.948. The second-order valence-corrected chi connectivity index (χ2v) is 9.75. The van der Waals surface area contributed by atoms with Crippen LogP contribution in [0.3, 0.4) is 0 Å². The van der Waals surface area contributed by atoms with Crippen molar-refractivity contribution in [1.29, 1.82) is 0 Å². The fourth-order valence-corrected chi connectivity index (χ4v) is 4.86. The van der Waals surface area contributed by atoms with Gasteiger partial charge in [-0.25, -0.2) is 4.99 Å². The van der Waals surface area contributed by atoms with Gasteiger partial charge in [0.15, 0.2) is 0 Å². The van der Waals surface area contributed by atoms with Crippen molar-refractivity contribution in [3.05, 3.63) is 12.2 Å². The van der Waals surface area contributed by atoms with E-state index in [9.17, 15) is 4.79 Å². The van der Waals surface area contributed by atoms with E-state index in [2.05, 4.69) is 31.3 Å². The minimum atomic E-state index is 0.0602. The maximum Gasteiger partial charge on any atom is 0.217 e. The van der Waals surface area contributed by atoms with Gasteiger partial charge in [0.1, 0.15) is 13.1 Å². The molecular formula is C28H54N3O+. The van der Waals surface area contributed by atoms with Crippen LogP contribution in [0.5, 0.6) is 0 Å². The molecule has 0 spiro atoms. The number of aliphatic imine (C=N–C) groups is 1. The van der Waals surface area contributed by atoms with E-state index in [0.29, 0.717) is 0 Å². The number of likely N-dealkylation sites (N-methyl/N-ethyl adjacent to an activating group) is 1. The first-order chi connectivity index (χ1) is 15.6. The van der Waals surface area contributed by atoms with Crippen molar-refractivity contribution < 1.29 is 9.28 Å². The van der Waals surface area contributed by atoms with Crippen LogP contribution in [0.4, 0.5) is 0 Å². The summed E-state index contributed by atoms with van der Waals surface area (Å²) >= 11 is 0. The molecule has 0 aromatic carbocycles. The largest absolute Gasteiger partial charge is 0.351 e. The van der Waals surface area contributed by atoms with E-state index in [0.717, 1.165) is 43.6 Å². The molecule has 0 bridgehead atoms. The van der Waals surface area contributed by atoms with E-state index < -0.39 is 0 Å². The van der Waals surface area contributed by atoms with Crippen LogP contribution in [-0.2, 0) is 4.79 Å². The zero-order valence-corrected chi connectivity index (χ0v) is 21.8. The average molecular weight is 449 g/mol. The maximum atomic E-state index is 11.2. The highest BCUT2D eigenvalue weighted by atomic mass is 16.1. The number of nitrogens with one attached hydrogen (secondary N) is 1. The van der Waals surface area contributed by atoms with E-state index in [1.165, 1.54) is 102 Å². The molecule has 4 nitrogen and oxygen atoms in total. The Kier molecular flexibility index (Phi) is 17.4. The van der Waals surface area contributed by atoms with Gasteiger partial charge in [-0.15, -0.1) is 0 Å². The second-order valence-electron chi connectivity index (χ2n) is 9.75. The SMILES string of the molecule is CCCCCCCCCCCCCCCC/C=C/CC1=NCC[N+]1(CC)CCNC(C)=O. The van der Waals surface area contributed by atoms with Crippen LogP contribution in [0, 0.1) is 0 Å². The van der Waals surface area contributed by atoms with Crippen LogP contribution in [0.25, 0.3) is 0 Å². The lowest BCUT2D eigenvalue weighted by Gasteiger charge is -2.33. The number of amidine groups is 1. The highest BCUT2D eigenvalue weighted by Gasteiger charge is 2.35. The summed E-state index contributed by atoms with van der Waals surface area (Å²) in [4.78, 5) is 16.0.